The molecule has 1 heterocycles. The highest BCUT2D eigenvalue weighted by Gasteiger charge is 2.25. The lowest BCUT2D eigenvalue weighted by molar-refractivity contribution is -0.130. The first-order valence-electron chi connectivity index (χ1n) is 10.6. The summed E-state index contributed by atoms with van der Waals surface area (Å²) in [4.78, 5) is 14.4. The fourth-order valence-electron chi connectivity index (χ4n) is 3.51. The van der Waals surface area contributed by atoms with Crippen LogP contribution in [-0.4, -0.2) is 56.8 Å². The van der Waals surface area contributed by atoms with Crippen LogP contribution < -0.4 is 4.74 Å². The fraction of sp³-hybridized carbons (Fsp3) is 0.435. The van der Waals surface area contributed by atoms with E-state index < -0.39 is 10.0 Å². The zero-order chi connectivity index (χ0) is 22.3. The minimum atomic E-state index is -3.42. The number of likely N-dealkylation sites (N-methyl/N-ethyl adjacent to an activating group) is 1. The maximum absolute atomic E-state index is 12.7. The van der Waals surface area contributed by atoms with Crippen LogP contribution in [-0.2, 0) is 21.2 Å². The van der Waals surface area contributed by atoms with Crippen LogP contribution in [0.2, 0.25) is 5.02 Å². The quantitative estimate of drug-likeness (QED) is 0.562. The van der Waals surface area contributed by atoms with Crippen molar-refractivity contribution >= 4 is 27.5 Å². The van der Waals surface area contributed by atoms with Crippen molar-refractivity contribution in [3.05, 3.63) is 59.1 Å². The minimum absolute atomic E-state index is 0.0136. The molecule has 0 aliphatic carbocycles. The van der Waals surface area contributed by atoms with Crippen LogP contribution in [0.5, 0.6) is 5.75 Å². The van der Waals surface area contributed by atoms with Crippen molar-refractivity contribution < 1.29 is 17.9 Å². The number of ether oxygens (including phenoxy) is 1. The molecule has 1 fully saturated rings. The Hall–Kier alpha value is -2.09. The zero-order valence-corrected chi connectivity index (χ0v) is 19.4. The molecule has 1 aliphatic heterocycles. The van der Waals surface area contributed by atoms with Gasteiger partial charge < -0.3 is 9.64 Å². The SMILES string of the molecule is CN(CCOc1cccc(Cl)c1)C(=O)CCc1ccc(S(=O)(=O)N2CCCCC2)cc1. The average molecular weight is 465 g/mol. The van der Waals surface area contributed by atoms with Crippen molar-refractivity contribution in [2.75, 3.05) is 33.3 Å². The highest BCUT2D eigenvalue weighted by atomic mass is 35.5. The first-order valence-corrected chi connectivity index (χ1v) is 12.4. The molecule has 31 heavy (non-hydrogen) atoms. The van der Waals surface area contributed by atoms with E-state index >= 15 is 0 Å². The van der Waals surface area contributed by atoms with Crippen molar-refractivity contribution in [3.8, 4) is 5.75 Å². The predicted octanol–water partition coefficient (Wildman–Crippen LogP) is 3.98. The largest absolute Gasteiger partial charge is 0.492 e. The van der Waals surface area contributed by atoms with Crippen LogP contribution in [0, 0.1) is 0 Å². The molecule has 1 saturated heterocycles. The summed E-state index contributed by atoms with van der Waals surface area (Å²) in [6, 6.07) is 14.0. The van der Waals surface area contributed by atoms with Gasteiger partial charge in [0.05, 0.1) is 11.4 Å². The Labute approximate surface area is 189 Å². The highest BCUT2D eigenvalue weighted by molar-refractivity contribution is 7.89. The van der Waals surface area contributed by atoms with Crippen LogP contribution >= 0.6 is 11.6 Å². The number of halogens is 1. The van der Waals surface area contributed by atoms with E-state index in [1.165, 1.54) is 0 Å². The van der Waals surface area contributed by atoms with Gasteiger partial charge in [-0.25, -0.2) is 8.42 Å². The number of sulfonamides is 1. The number of carbonyl (C=O) groups excluding carboxylic acids is 1. The van der Waals surface area contributed by atoms with Gasteiger partial charge in [-0.2, -0.15) is 4.31 Å². The molecule has 3 rings (SSSR count). The molecule has 0 saturated carbocycles. The highest BCUT2D eigenvalue weighted by Crippen LogP contribution is 2.21. The molecule has 168 valence electrons. The molecule has 0 bridgehead atoms. The predicted molar refractivity (Wildman–Crippen MR) is 122 cm³/mol. The molecule has 0 atom stereocenters. The Morgan fingerprint density at radius 3 is 2.48 bits per heavy atom. The number of benzene rings is 2. The zero-order valence-electron chi connectivity index (χ0n) is 17.8. The maximum atomic E-state index is 12.7. The topological polar surface area (TPSA) is 66.9 Å². The summed E-state index contributed by atoms with van der Waals surface area (Å²) in [6.45, 7) is 2.03. The first-order chi connectivity index (χ1) is 14.9. The molecule has 6 nitrogen and oxygen atoms in total. The first kappa shape index (κ1) is 23.6. The van der Waals surface area contributed by atoms with E-state index in [-0.39, 0.29) is 5.91 Å². The van der Waals surface area contributed by atoms with Gasteiger partial charge in [-0.15, -0.1) is 0 Å². The lowest BCUT2D eigenvalue weighted by Crippen LogP contribution is -2.35. The number of piperidine rings is 1. The van der Waals surface area contributed by atoms with Gasteiger partial charge in [-0.05, 0) is 55.2 Å². The van der Waals surface area contributed by atoms with E-state index in [2.05, 4.69) is 0 Å². The van der Waals surface area contributed by atoms with Gasteiger partial charge >= 0.3 is 0 Å². The van der Waals surface area contributed by atoms with E-state index in [0.717, 1.165) is 24.8 Å². The van der Waals surface area contributed by atoms with Crippen molar-refractivity contribution in [3.63, 3.8) is 0 Å². The molecule has 0 N–H and O–H groups in total. The van der Waals surface area contributed by atoms with Gasteiger partial charge in [-0.3, -0.25) is 4.79 Å². The molecular weight excluding hydrogens is 436 g/mol. The summed E-state index contributed by atoms with van der Waals surface area (Å²) in [7, 11) is -1.68. The normalized spacial score (nSPS) is 14.9. The summed E-state index contributed by atoms with van der Waals surface area (Å²) in [5.74, 6) is 0.688. The Morgan fingerprint density at radius 2 is 1.81 bits per heavy atom. The Kier molecular flexibility index (Phi) is 8.35. The summed E-state index contributed by atoms with van der Waals surface area (Å²) >= 11 is 5.93. The summed E-state index contributed by atoms with van der Waals surface area (Å²) in [5.41, 5.74) is 0.939. The van der Waals surface area contributed by atoms with Crippen LogP contribution in [0.25, 0.3) is 0 Å². The van der Waals surface area contributed by atoms with Crippen LogP contribution in [0.3, 0.4) is 0 Å². The van der Waals surface area contributed by atoms with Gasteiger partial charge in [0.15, 0.2) is 0 Å². The number of nitrogens with zero attached hydrogens (tertiary/aromatic N) is 2. The number of carbonyl (C=O) groups is 1. The van der Waals surface area contributed by atoms with E-state index in [4.69, 9.17) is 16.3 Å². The van der Waals surface area contributed by atoms with Gasteiger partial charge in [0.1, 0.15) is 12.4 Å². The van der Waals surface area contributed by atoms with Crippen LogP contribution in [0.1, 0.15) is 31.2 Å². The van der Waals surface area contributed by atoms with Gasteiger partial charge in [0.25, 0.3) is 0 Å². The molecule has 1 aliphatic rings. The third-order valence-electron chi connectivity index (χ3n) is 5.42. The lowest BCUT2D eigenvalue weighted by Gasteiger charge is -2.25. The van der Waals surface area contributed by atoms with Gasteiger partial charge in [-0.1, -0.05) is 36.2 Å². The van der Waals surface area contributed by atoms with Crippen molar-refractivity contribution in [1.82, 2.24) is 9.21 Å². The molecule has 0 aromatic heterocycles. The fourth-order valence-corrected chi connectivity index (χ4v) is 5.20. The molecular formula is C23H29ClN2O4S. The monoisotopic (exact) mass is 464 g/mol. The van der Waals surface area contributed by atoms with Crippen molar-refractivity contribution in [2.24, 2.45) is 0 Å². The van der Waals surface area contributed by atoms with E-state index in [1.54, 1.807) is 52.7 Å². The summed E-state index contributed by atoms with van der Waals surface area (Å²) in [6.07, 6.45) is 3.82. The van der Waals surface area contributed by atoms with Gasteiger partial charge in [0, 0.05) is 31.6 Å². The van der Waals surface area contributed by atoms with Gasteiger partial charge in [0.2, 0.25) is 15.9 Å². The molecule has 0 radical (unpaired) electrons. The smallest absolute Gasteiger partial charge is 0.243 e. The maximum Gasteiger partial charge on any atom is 0.243 e. The number of hydrogen-bond acceptors (Lipinski definition) is 4. The Morgan fingerprint density at radius 1 is 1.10 bits per heavy atom. The molecule has 0 spiro atoms. The Bertz CT molecular complexity index is 973. The Balaban J connectivity index is 1.45. The molecule has 2 aromatic rings. The second-order valence-corrected chi connectivity index (χ2v) is 10.1. The number of aryl methyl sites for hydroxylation is 1. The lowest BCUT2D eigenvalue weighted by atomic mass is 10.1. The standard InChI is InChI=1S/C23H29ClN2O4S/c1-25(16-17-30-21-7-5-6-20(24)18-21)23(27)13-10-19-8-11-22(12-9-19)31(28,29)26-14-3-2-4-15-26/h5-9,11-12,18H,2-4,10,13-17H2,1H3. The summed E-state index contributed by atoms with van der Waals surface area (Å²) < 4.78 is 32.6. The molecule has 0 unspecified atom stereocenters. The third kappa shape index (κ3) is 6.69. The number of rotatable bonds is 9. The minimum Gasteiger partial charge on any atom is -0.492 e. The van der Waals surface area contributed by atoms with E-state index in [1.807, 2.05) is 12.1 Å². The van der Waals surface area contributed by atoms with Crippen molar-refractivity contribution in [2.45, 2.75) is 37.0 Å². The number of amides is 1. The second kappa shape index (κ2) is 11.0. The molecule has 8 heteroatoms. The second-order valence-electron chi connectivity index (χ2n) is 7.73. The van der Waals surface area contributed by atoms with E-state index in [9.17, 15) is 13.2 Å². The third-order valence-corrected chi connectivity index (χ3v) is 7.57. The average Bonchev–Trinajstić information content (AvgIpc) is 2.78. The molecule has 1 amide bonds. The van der Waals surface area contributed by atoms with Crippen LogP contribution in [0.15, 0.2) is 53.4 Å². The summed E-state index contributed by atoms with van der Waals surface area (Å²) in [5, 5.41) is 0.608. The van der Waals surface area contributed by atoms with E-state index in [0.29, 0.717) is 54.8 Å². The molecule has 2 aromatic carbocycles. The number of hydrogen-bond donors (Lipinski definition) is 0. The van der Waals surface area contributed by atoms with Crippen molar-refractivity contribution in [1.29, 1.82) is 0 Å². The van der Waals surface area contributed by atoms with Crippen LogP contribution in [0.4, 0.5) is 0 Å².